The number of nitrogens with zero attached hydrogens (tertiary/aromatic N) is 4. The minimum atomic E-state index is -0.229. The second kappa shape index (κ2) is 7.07. The van der Waals surface area contributed by atoms with Crippen LogP contribution < -0.4 is 5.56 Å². The molecular weight excluding hydrogens is 348 g/mol. The molecule has 2 heterocycles. The predicted molar refractivity (Wildman–Crippen MR) is 102 cm³/mol. The summed E-state index contributed by atoms with van der Waals surface area (Å²) in [7, 11) is 0. The van der Waals surface area contributed by atoms with Crippen LogP contribution in [0.15, 0.2) is 40.3 Å². The van der Waals surface area contributed by atoms with E-state index in [1.165, 1.54) is 17.8 Å². The molecule has 0 unspecified atom stereocenters. The third-order valence-electron chi connectivity index (χ3n) is 4.78. The van der Waals surface area contributed by atoms with E-state index in [0.717, 1.165) is 48.1 Å². The second-order valence-electron chi connectivity index (χ2n) is 6.58. The molecule has 2 aromatic heterocycles. The Bertz CT molecular complexity index is 1010. The lowest BCUT2D eigenvalue weighted by Gasteiger charge is -2.17. The van der Waals surface area contributed by atoms with Gasteiger partial charge in [-0.2, -0.15) is 4.98 Å². The molecule has 4 rings (SSSR count). The zero-order chi connectivity index (χ0) is 18.1. The summed E-state index contributed by atoms with van der Waals surface area (Å²) < 4.78 is 1.74. The maximum atomic E-state index is 12.4. The Kier molecular flexibility index (Phi) is 4.63. The number of fused-ring (bicyclic) bond motifs is 1. The standard InChI is InChI=1S/C19H20N4O2S/c1-12-16(21-15-9-5-4-8-14(15)20-12)11-26-19-22-17(24)10-18(25)23(19)13-6-2-3-7-13/h4-5,8-10,13,24H,2-3,6-7,11H2,1H3. The van der Waals surface area contributed by atoms with E-state index in [-0.39, 0.29) is 17.5 Å². The number of hydrogen-bond donors (Lipinski definition) is 1. The first-order chi connectivity index (χ1) is 12.6. The molecule has 0 atom stereocenters. The average molecular weight is 368 g/mol. The molecule has 0 saturated heterocycles. The first kappa shape index (κ1) is 17.0. The zero-order valence-electron chi connectivity index (χ0n) is 14.6. The number of benzene rings is 1. The van der Waals surface area contributed by atoms with Gasteiger partial charge in [0, 0.05) is 11.8 Å². The summed E-state index contributed by atoms with van der Waals surface area (Å²) in [5.41, 5.74) is 3.27. The fourth-order valence-electron chi connectivity index (χ4n) is 3.45. The second-order valence-corrected chi connectivity index (χ2v) is 7.52. The lowest BCUT2D eigenvalue weighted by Crippen LogP contribution is -2.25. The van der Waals surface area contributed by atoms with E-state index < -0.39 is 0 Å². The van der Waals surface area contributed by atoms with Crippen molar-refractivity contribution in [2.45, 2.75) is 49.6 Å². The molecule has 1 N–H and O–H groups in total. The molecule has 26 heavy (non-hydrogen) atoms. The molecule has 0 radical (unpaired) electrons. The van der Waals surface area contributed by atoms with Gasteiger partial charge in [0.25, 0.3) is 5.56 Å². The monoisotopic (exact) mass is 368 g/mol. The Morgan fingerprint density at radius 1 is 1.15 bits per heavy atom. The molecule has 7 heteroatoms. The molecule has 0 spiro atoms. The molecule has 1 aliphatic rings. The van der Waals surface area contributed by atoms with E-state index in [9.17, 15) is 9.90 Å². The number of aryl methyl sites for hydroxylation is 1. The lowest BCUT2D eigenvalue weighted by atomic mass is 10.2. The van der Waals surface area contributed by atoms with Gasteiger partial charge in [-0.25, -0.2) is 9.97 Å². The Hall–Kier alpha value is -2.41. The van der Waals surface area contributed by atoms with Gasteiger partial charge in [0.2, 0.25) is 5.88 Å². The highest BCUT2D eigenvalue weighted by Gasteiger charge is 2.22. The molecule has 3 aromatic rings. The fraction of sp³-hybridized carbons (Fsp3) is 0.368. The van der Waals surface area contributed by atoms with Gasteiger partial charge in [-0.3, -0.25) is 9.36 Å². The minimum absolute atomic E-state index is 0.168. The number of rotatable bonds is 4. The first-order valence-electron chi connectivity index (χ1n) is 8.79. The summed E-state index contributed by atoms with van der Waals surface area (Å²) in [5, 5.41) is 10.3. The maximum Gasteiger partial charge on any atom is 0.258 e. The summed E-state index contributed by atoms with van der Waals surface area (Å²) in [6, 6.07) is 9.14. The van der Waals surface area contributed by atoms with Crippen LogP contribution >= 0.6 is 11.8 Å². The van der Waals surface area contributed by atoms with Gasteiger partial charge in [-0.15, -0.1) is 0 Å². The van der Waals surface area contributed by atoms with Gasteiger partial charge in [0.15, 0.2) is 5.16 Å². The van der Waals surface area contributed by atoms with Crippen LogP contribution in [0.2, 0.25) is 0 Å². The van der Waals surface area contributed by atoms with Crippen molar-refractivity contribution in [2.75, 3.05) is 0 Å². The van der Waals surface area contributed by atoms with Crippen LogP contribution in [0.1, 0.15) is 43.1 Å². The molecule has 1 aromatic carbocycles. The quantitative estimate of drug-likeness (QED) is 0.560. The molecule has 1 aliphatic carbocycles. The van der Waals surface area contributed by atoms with Gasteiger partial charge in [0.1, 0.15) is 0 Å². The summed E-state index contributed by atoms with van der Waals surface area (Å²) in [6.07, 6.45) is 4.21. The zero-order valence-corrected chi connectivity index (χ0v) is 15.4. The van der Waals surface area contributed by atoms with Crippen LogP contribution in [-0.4, -0.2) is 24.6 Å². The normalized spacial score (nSPS) is 15.0. The smallest absolute Gasteiger partial charge is 0.258 e. The lowest BCUT2D eigenvalue weighted by molar-refractivity contribution is 0.406. The van der Waals surface area contributed by atoms with E-state index in [1.54, 1.807) is 4.57 Å². The molecule has 6 nitrogen and oxygen atoms in total. The number of aromatic nitrogens is 4. The van der Waals surface area contributed by atoms with Crippen LogP contribution in [-0.2, 0) is 5.75 Å². The Balaban J connectivity index is 1.66. The number of para-hydroxylation sites is 2. The van der Waals surface area contributed by atoms with E-state index in [2.05, 4.69) is 9.97 Å². The van der Waals surface area contributed by atoms with Crippen molar-refractivity contribution in [1.82, 2.24) is 19.5 Å². The third-order valence-corrected chi connectivity index (χ3v) is 5.74. The maximum absolute atomic E-state index is 12.4. The van der Waals surface area contributed by atoms with E-state index in [4.69, 9.17) is 4.98 Å². The first-order valence-corrected chi connectivity index (χ1v) is 9.78. The highest BCUT2D eigenvalue weighted by molar-refractivity contribution is 7.98. The van der Waals surface area contributed by atoms with Crippen LogP contribution in [0.3, 0.4) is 0 Å². The summed E-state index contributed by atoms with van der Waals surface area (Å²) >= 11 is 1.43. The van der Waals surface area contributed by atoms with Gasteiger partial charge < -0.3 is 5.11 Å². The highest BCUT2D eigenvalue weighted by atomic mass is 32.2. The van der Waals surface area contributed by atoms with Crippen molar-refractivity contribution >= 4 is 22.8 Å². The van der Waals surface area contributed by atoms with Gasteiger partial charge >= 0.3 is 0 Å². The highest BCUT2D eigenvalue weighted by Crippen LogP contribution is 2.32. The molecule has 0 aliphatic heterocycles. The van der Waals surface area contributed by atoms with Crippen molar-refractivity contribution in [3.63, 3.8) is 0 Å². The fourth-order valence-corrected chi connectivity index (χ4v) is 4.53. The van der Waals surface area contributed by atoms with Crippen molar-refractivity contribution in [3.05, 3.63) is 52.1 Å². The summed E-state index contributed by atoms with van der Waals surface area (Å²) in [4.78, 5) is 26.0. The van der Waals surface area contributed by atoms with Crippen molar-refractivity contribution in [3.8, 4) is 5.88 Å². The van der Waals surface area contributed by atoms with E-state index >= 15 is 0 Å². The van der Waals surface area contributed by atoms with Crippen molar-refractivity contribution < 1.29 is 5.11 Å². The summed E-state index contributed by atoms with van der Waals surface area (Å²) in [5.74, 6) is 0.319. The van der Waals surface area contributed by atoms with Crippen molar-refractivity contribution in [1.29, 1.82) is 0 Å². The van der Waals surface area contributed by atoms with E-state index in [0.29, 0.717) is 10.9 Å². The number of thioether (sulfide) groups is 1. The Morgan fingerprint density at radius 2 is 1.85 bits per heavy atom. The van der Waals surface area contributed by atoms with Crippen LogP contribution in [0.4, 0.5) is 0 Å². The molecule has 1 saturated carbocycles. The SMILES string of the molecule is Cc1nc2ccccc2nc1CSc1nc(O)cc(=O)n1C1CCCC1. The van der Waals surface area contributed by atoms with Gasteiger partial charge in [0.05, 0.1) is 28.5 Å². The number of aromatic hydroxyl groups is 1. The molecular formula is C19H20N4O2S. The third kappa shape index (κ3) is 3.31. The Morgan fingerprint density at radius 3 is 2.58 bits per heavy atom. The van der Waals surface area contributed by atoms with Gasteiger partial charge in [-0.1, -0.05) is 36.7 Å². The van der Waals surface area contributed by atoms with Crippen LogP contribution in [0.5, 0.6) is 5.88 Å². The molecule has 1 fully saturated rings. The van der Waals surface area contributed by atoms with Crippen LogP contribution in [0.25, 0.3) is 11.0 Å². The minimum Gasteiger partial charge on any atom is -0.493 e. The Labute approximate surface area is 155 Å². The predicted octanol–water partition coefficient (Wildman–Crippen LogP) is 3.61. The van der Waals surface area contributed by atoms with Crippen molar-refractivity contribution in [2.24, 2.45) is 0 Å². The van der Waals surface area contributed by atoms with Crippen LogP contribution in [0, 0.1) is 6.92 Å². The van der Waals surface area contributed by atoms with Gasteiger partial charge in [-0.05, 0) is 31.9 Å². The molecule has 0 bridgehead atoms. The largest absolute Gasteiger partial charge is 0.493 e. The number of hydrogen-bond acceptors (Lipinski definition) is 6. The summed E-state index contributed by atoms with van der Waals surface area (Å²) in [6.45, 7) is 1.94. The molecule has 0 amide bonds. The topological polar surface area (TPSA) is 80.9 Å². The molecule has 134 valence electrons. The van der Waals surface area contributed by atoms with E-state index in [1.807, 2.05) is 31.2 Å². The average Bonchev–Trinajstić information content (AvgIpc) is 3.13.